The summed E-state index contributed by atoms with van der Waals surface area (Å²) in [7, 11) is 0. The smallest absolute Gasteiger partial charge is 0.161 e. The molecular weight excluding hydrogens is 328 g/mol. The van der Waals surface area contributed by atoms with Crippen LogP contribution in [0.1, 0.15) is 17.4 Å². The first-order valence-corrected chi connectivity index (χ1v) is 7.57. The fourth-order valence-electron chi connectivity index (χ4n) is 1.62. The predicted octanol–water partition coefficient (Wildman–Crippen LogP) is 3.98. The number of ether oxygens (including phenoxy) is 2. The molecule has 0 radical (unpaired) electrons. The fraction of sp³-hybridized carbons (Fsp3) is 0.286. The molecule has 1 aromatic carbocycles. The van der Waals surface area contributed by atoms with Gasteiger partial charge in [-0.1, -0.05) is 6.07 Å². The Kier molecular flexibility index (Phi) is 5.24. The first-order valence-electron chi connectivity index (χ1n) is 5.96. The molecule has 0 spiro atoms. The Hall–Kier alpha value is -1.04. The number of aliphatic hydroxyl groups is 1. The van der Waals surface area contributed by atoms with E-state index in [9.17, 15) is 0 Å². The maximum Gasteiger partial charge on any atom is 0.161 e. The Labute approximate surface area is 124 Å². The molecule has 0 atom stereocenters. The van der Waals surface area contributed by atoms with Gasteiger partial charge in [-0.05, 0) is 52.7 Å². The van der Waals surface area contributed by atoms with E-state index in [1.54, 1.807) is 11.3 Å². The summed E-state index contributed by atoms with van der Waals surface area (Å²) in [6, 6.07) is 9.50. The van der Waals surface area contributed by atoms with Crippen LogP contribution in [0, 0.1) is 0 Å². The molecule has 5 heteroatoms. The Morgan fingerprint density at radius 2 is 2.00 bits per heavy atom. The third-order valence-electron chi connectivity index (χ3n) is 2.49. The Morgan fingerprint density at radius 1 is 1.16 bits per heavy atom. The van der Waals surface area contributed by atoms with Crippen molar-refractivity contribution in [3.05, 3.63) is 44.6 Å². The average Bonchev–Trinajstić information content (AvgIpc) is 2.83. The average molecular weight is 343 g/mol. The summed E-state index contributed by atoms with van der Waals surface area (Å²) >= 11 is 5.07. The summed E-state index contributed by atoms with van der Waals surface area (Å²) in [5, 5.41) is 9.13. The van der Waals surface area contributed by atoms with Crippen molar-refractivity contribution < 1.29 is 14.6 Å². The number of thiophene rings is 1. The van der Waals surface area contributed by atoms with Gasteiger partial charge in [0.2, 0.25) is 0 Å². The number of hydrogen-bond acceptors (Lipinski definition) is 4. The van der Waals surface area contributed by atoms with E-state index in [2.05, 4.69) is 15.9 Å². The molecule has 0 aliphatic rings. The number of aliphatic hydroxyl groups excluding tert-OH is 1. The van der Waals surface area contributed by atoms with Gasteiger partial charge in [-0.2, -0.15) is 0 Å². The third kappa shape index (κ3) is 3.96. The quantitative estimate of drug-likeness (QED) is 0.862. The second kappa shape index (κ2) is 6.93. The summed E-state index contributed by atoms with van der Waals surface area (Å²) in [4.78, 5) is 1.14. The van der Waals surface area contributed by atoms with E-state index in [0.29, 0.717) is 24.7 Å². The fourth-order valence-corrected chi connectivity index (χ4v) is 3.01. The zero-order chi connectivity index (χ0) is 13.7. The van der Waals surface area contributed by atoms with E-state index < -0.39 is 0 Å². The molecule has 0 fully saturated rings. The maximum atomic E-state index is 9.13. The van der Waals surface area contributed by atoms with Gasteiger partial charge in [0.1, 0.15) is 6.61 Å². The van der Waals surface area contributed by atoms with E-state index in [0.717, 1.165) is 14.2 Å². The van der Waals surface area contributed by atoms with Crippen LogP contribution in [0.25, 0.3) is 0 Å². The van der Waals surface area contributed by atoms with Gasteiger partial charge in [0.25, 0.3) is 0 Å². The molecule has 0 unspecified atom stereocenters. The first-order chi connectivity index (χ1) is 9.22. The van der Waals surface area contributed by atoms with Crippen molar-refractivity contribution >= 4 is 27.3 Å². The largest absolute Gasteiger partial charge is 0.490 e. The van der Waals surface area contributed by atoms with Gasteiger partial charge in [0, 0.05) is 4.88 Å². The molecule has 3 nitrogen and oxygen atoms in total. The standard InChI is InChI=1S/C14H15BrO3S/c1-2-17-13-7-10(8-16)3-5-12(13)18-9-11-4-6-14(15)19-11/h3-7,16H,2,8-9H2,1H3. The Balaban J connectivity index is 2.10. The van der Waals surface area contributed by atoms with Crippen LogP contribution in [0.4, 0.5) is 0 Å². The molecule has 2 rings (SSSR count). The molecular formula is C14H15BrO3S. The van der Waals surface area contributed by atoms with Crippen LogP contribution in [0.3, 0.4) is 0 Å². The monoisotopic (exact) mass is 342 g/mol. The van der Waals surface area contributed by atoms with Crippen molar-refractivity contribution in [2.45, 2.75) is 20.1 Å². The minimum atomic E-state index is -0.00176. The van der Waals surface area contributed by atoms with Gasteiger partial charge in [0.15, 0.2) is 11.5 Å². The summed E-state index contributed by atoms with van der Waals surface area (Å²) in [5.74, 6) is 1.37. The molecule has 102 valence electrons. The number of benzene rings is 1. The van der Waals surface area contributed by atoms with Crippen molar-refractivity contribution in [2.75, 3.05) is 6.61 Å². The molecule has 0 saturated heterocycles. The lowest BCUT2D eigenvalue weighted by Crippen LogP contribution is -1.99. The zero-order valence-electron chi connectivity index (χ0n) is 10.6. The lowest BCUT2D eigenvalue weighted by molar-refractivity contribution is 0.265. The molecule has 1 aromatic heterocycles. The molecule has 19 heavy (non-hydrogen) atoms. The van der Waals surface area contributed by atoms with Gasteiger partial charge < -0.3 is 14.6 Å². The van der Waals surface area contributed by atoms with Crippen molar-refractivity contribution in [1.82, 2.24) is 0 Å². The molecule has 0 aliphatic carbocycles. The highest BCUT2D eigenvalue weighted by atomic mass is 79.9. The number of hydrogen-bond donors (Lipinski definition) is 1. The summed E-state index contributed by atoms with van der Waals surface area (Å²) in [5.41, 5.74) is 0.815. The van der Waals surface area contributed by atoms with Gasteiger partial charge in [0.05, 0.1) is 17.0 Å². The van der Waals surface area contributed by atoms with Crippen molar-refractivity contribution in [1.29, 1.82) is 0 Å². The summed E-state index contributed by atoms with van der Waals surface area (Å²) in [6.45, 7) is 2.99. The van der Waals surface area contributed by atoms with Crippen molar-refractivity contribution in [3.63, 3.8) is 0 Å². The van der Waals surface area contributed by atoms with Gasteiger partial charge in [-0.25, -0.2) is 0 Å². The van der Waals surface area contributed by atoms with E-state index in [-0.39, 0.29) is 6.61 Å². The van der Waals surface area contributed by atoms with Crippen LogP contribution in [0.2, 0.25) is 0 Å². The van der Waals surface area contributed by atoms with Crippen LogP contribution in [0.5, 0.6) is 11.5 Å². The number of halogens is 1. The highest BCUT2D eigenvalue weighted by Crippen LogP contribution is 2.30. The molecule has 0 bridgehead atoms. The summed E-state index contributed by atoms with van der Waals surface area (Å²) < 4.78 is 12.4. The highest BCUT2D eigenvalue weighted by Gasteiger charge is 2.07. The van der Waals surface area contributed by atoms with Gasteiger partial charge in [-0.3, -0.25) is 0 Å². The second-order valence-corrected chi connectivity index (χ2v) is 6.41. The topological polar surface area (TPSA) is 38.7 Å². The SMILES string of the molecule is CCOc1cc(CO)ccc1OCc1ccc(Br)s1. The Morgan fingerprint density at radius 3 is 2.63 bits per heavy atom. The van der Waals surface area contributed by atoms with Crippen LogP contribution in [-0.2, 0) is 13.2 Å². The molecule has 0 amide bonds. The molecule has 1 N–H and O–H groups in total. The minimum Gasteiger partial charge on any atom is -0.490 e. The first kappa shape index (κ1) is 14.4. The van der Waals surface area contributed by atoms with E-state index in [1.165, 1.54) is 0 Å². The third-order valence-corrected chi connectivity index (χ3v) is 4.09. The van der Waals surface area contributed by atoms with Gasteiger partial charge >= 0.3 is 0 Å². The molecule has 1 heterocycles. The molecule has 0 aliphatic heterocycles. The van der Waals surface area contributed by atoms with Crippen LogP contribution in [0.15, 0.2) is 34.1 Å². The van der Waals surface area contributed by atoms with Crippen LogP contribution < -0.4 is 9.47 Å². The second-order valence-electron chi connectivity index (χ2n) is 3.87. The summed E-state index contributed by atoms with van der Waals surface area (Å²) in [6.07, 6.45) is 0. The van der Waals surface area contributed by atoms with E-state index in [1.807, 2.05) is 37.3 Å². The zero-order valence-corrected chi connectivity index (χ0v) is 13.0. The molecule has 2 aromatic rings. The maximum absolute atomic E-state index is 9.13. The van der Waals surface area contributed by atoms with Crippen LogP contribution in [-0.4, -0.2) is 11.7 Å². The predicted molar refractivity (Wildman–Crippen MR) is 79.9 cm³/mol. The van der Waals surface area contributed by atoms with Crippen molar-refractivity contribution in [3.8, 4) is 11.5 Å². The normalized spacial score (nSPS) is 10.5. The lowest BCUT2D eigenvalue weighted by atomic mass is 10.2. The lowest BCUT2D eigenvalue weighted by Gasteiger charge is -2.12. The minimum absolute atomic E-state index is 0.00176. The van der Waals surface area contributed by atoms with Crippen molar-refractivity contribution in [2.24, 2.45) is 0 Å². The van der Waals surface area contributed by atoms with E-state index >= 15 is 0 Å². The van der Waals surface area contributed by atoms with Crippen LogP contribution >= 0.6 is 27.3 Å². The highest BCUT2D eigenvalue weighted by molar-refractivity contribution is 9.11. The van der Waals surface area contributed by atoms with Gasteiger partial charge in [-0.15, -0.1) is 11.3 Å². The Bertz CT molecular complexity index is 539. The number of rotatable bonds is 6. The molecule has 0 saturated carbocycles. The van der Waals surface area contributed by atoms with E-state index in [4.69, 9.17) is 14.6 Å².